The first-order valence-electron chi connectivity index (χ1n) is 9.75. The van der Waals surface area contributed by atoms with Crippen molar-refractivity contribution in [2.75, 3.05) is 53.5 Å². The van der Waals surface area contributed by atoms with Gasteiger partial charge in [-0.15, -0.1) is 24.0 Å². The van der Waals surface area contributed by atoms with E-state index in [4.69, 9.17) is 4.74 Å². The van der Waals surface area contributed by atoms with E-state index < -0.39 is 0 Å². The molecule has 0 spiro atoms. The minimum atomic E-state index is 0. The highest BCUT2D eigenvalue weighted by molar-refractivity contribution is 14.0. The number of aliphatic imine (C=N–C) groups is 1. The van der Waals surface area contributed by atoms with Crippen molar-refractivity contribution in [2.45, 2.75) is 46.0 Å². The molecule has 2 rings (SSSR count). The van der Waals surface area contributed by atoms with E-state index in [0.717, 1.165) is 45.2 Å². The van der Waals surface area contributed by atoms with Crippen molar-refractivity contribution in [1.29, 1.82) is 0 Å². The van der Waals surface area contributed by atoms with Gasteiger partial charge in [0.25, 0.3) is 0 Å². The number of nitrogens with one attached hydrogen (secondary N) is 1. The maximum atomic E-state index is 12.0. The maximum absolute atomic E-state index is 12.0. The van der Waals surface area contributed by atoms with Gasteiger partial charge in [-0.3, -0.25) is 4.79 Å². The number of hydrogen-bond donors (Lipinski definition) is 1. The van der Waals surface area contributed by atoms with Crippen LogP contribution in [-0.4, -0.2) is 75.2 Å². The zero-order valence-electron chi connectivity index (χ0n) is 16.9. The Balaban J connectivity index is 0.00000338. The molecular weight excluding hydrogens is 443 g/mol. The molecule has 1 amide bonds. The Kier molecular flexibility index (Phi) is 10.2. The summed E-state index contributed by atoms with van der Waals surface area (Å²) < 4.78 is 5.48. The average Bonchev–Trinajstić information content (AvgIpc) is 3.08. The number of likely N-dealkylation sites (tertiary alicyclic amines) is 1. The summed E-state index contributed by atoms with van der Waals surface area (Å²) >= 11 is 0. The first kappa shape index (κ1) is 23.5. The highest BCUT2D eigenvalue weighted by atomic mass is 127. The molecule has 0 aliphatic carbocycles. The fourth-order valence-electron chi connectivity index (χ4n) is 3.84. The van der Waals surface area contributed by atoms with Crippen LogP contribution in [0.5, 0.6) is 0 Å². The summed E-state index contributed by atoms with van der Waals surface area (Å²) in [5.41, 5.74) is 0.345. The molecule has 0 aromatic heterocycles. The number of amides is 1. The molecule has 0 saturated carbocycles. The van der Waals surface area contributed by atoms with Crippen LogP contribution in [0.4, 0.5) is 0 Å². The number of rotatable bonds is 6. The Morgan fingerprint density at radius 2 is 2.19 bits per heavy atom. The lowest BCUT2D eigenvalue weighted by Crippen LogP contribution is -2.51. The van der Waals surface area contributed by atoms with E-state index >= 15 is 0 Å². The second kappa shape index (κ2) is 11.3. The fraction of sp³-hybridized carbons (Fsp3) is 0.895. The predicted molar refractivity (Wildman–Crippen MR) is 117 cm³/mol. The van der Waals surface area contributed by atoms with E-state index in [9.17, 15) is 4.79 Å². The lowest BCUT2D eigenvalue weighted by Gasteiger charge is -2.42. The van der Waals surface area contributed by atoms with Crippen LogP contribution in [0, 0.1) is 11.3 Å². The molecule has 0 aromatic rings. The molecule has 6 nitrogen and oxygen atoms in total. The third kappa shape index (κ3) is 7.21. The standard InChI is InChI=1S/C19H36N4O2.HI/c1-5-8-19(2)9-6-10-23(15-19)18(21-13-17(24)22(3)4)20-12-16-7-11-25-14-16;/h16H,5-15H2,1-4H3,(H,20,21);1H. The van der Waals surface area contributed by atoms with Gasteiger partial charge < -0.3 is 19.9 Å². The molecule has 2 atom stereocenters. The van der Waals surface area contributed by atoms with E-state index in [1.54, 1.807) is 19.0 Å². The number of carbonyl (C=O) groups is 1. The van der Waals surface area contributed by atoms with E-state index in [0.29, 0.717) is 11.3 Å². The fourth-order valence-corrected chi connectivity index (χ4v) is 3.84. The van der Waals surface area contributed by atoms with Gasteiger partial charge in [0.1, 0.15) is 6.54 Å². The average molecular weight is 480 g/mol. The minimum Gasteiger partial charge on any atom is -0.381 e. The zero-order valence-corrected chi connectivity index (χ0v) is 19.3. The molecule has 2 heterocycles. The van der Waals surface area contributed by atoms with Crippen LogP contribution in [0.2, 0.25) is 0 Å². The largest absolute Gasteiger partial charge is 0.381 e. The number of ether oxygens (including phenoxy) is 1. The molecule has 1 N–H and O–H groups in total. The minimum absolute atomic E-state index is 0. The van der Waals surface area contributed by atoms with Crippen molar-refractivity contribution in [3.8, 4) is 0 Å². The number of likely N-dealkylation sites (N-methyl/N-ethyl adjacent to an activating group) is 1. The number of halogens is 1. The molecule has 2 aliphatic rings. The lowest BCUT2D eigenvalue weighted by molar-refractivity contribution is -0.127. The summed E-state index contributed by atoms with van der Waals surface area (Å²) in [6.07, 6.45) is 6.01. The number of guanidine groups is 1. The van der Waals surface area contributed by atoms with Crippen molar-refractivity contribution < 1.29 is 9.53 Å². The molecule has 2 saturated heterocycles. The molecule has 2 fully saturated rings. The molecule has 2 aliphatic heterocycles. The molecule has 7 heteroatoms. The van der Waals surface area contributed by atoms with Crippen LogP contribution in [0.3, 0.4) is 0 Å². The van der Waals surface area contributed by atoms with Crippen molar-refractivity contribution in [3.63, 3.8) is 0 Å². The summed E-state index contributed by atoms with van der Waals surface area (Å²) in [6.45, 7) is 9.43. The summed E-state index contributed by atoms with van der Waals surface area (Å²) in [4.78, 5) is 20.6. The van der Waals surface area contributed by atoms with Crippen LogP contribution >= 0.6 is 24.0 Å². The van der Waals surface area contributed by atoms with Crippen LogP contribution in [0.15, 0.2) is 4.99 Å². The summed E-state index contributed by atoms with van der Waals surface area (Å²) in [6, 6.07) is 0. The quantitative estimate of drug-likeness (QED) is 0.361. The Morgan fingerprint density at radius 3 is 2.81 bits per heavy atom. The Labute approximate surface area is 176 Å². The highest BCUT2D eigenvalue weighted by Crippen LogP contribution is 2.33. The number of piperidine rings is 1. The Morgan fingerprint density at radius 1 is 1.42 bits per heavy atom. The lowest BCUT2D eigenvalue weighted by atomic mass is 9.78. The number of hydrogen-bond acceptors (Lipinski definition) is 3. The Hall–Kier alpha value is -0.570. The van der Waals surface area contributed by atoms with Gasteiger partial charge in [-0.1, -0.05) is 20.3 Å². The highest BCUT2D eigenvalue weighted by Gasteiger charge is 2.32. The van der Waals surface area contributed by atoms with Gasteiger partial charge in [0.05, 0.1) is 6.61 Å². The van der Waals surface area contributed by atoms with Gasteiger partial charge in [0.15, 0.2) is 5.96 Å². The van der Waals surface area contributed by atoms with E-state index in [1.165, 1.54) is 25.7 Å². The van der Waals surface area contributed by atoms with Gasteiger partial charge in [0, 0.05) is 46.3 Å². The van der Waals surface area contributed by atoms with E-state index in [-0.39, 0.29) is 36.4 Å². The smallest absolute Gasteiger partial charge is 0.243 e. The van der Waals surface area contributed by atoms with Crippen molar-refractivity contribution in [2.24, 2.45) is 16.3 Å². The monoisotopic (exact) mass is 480 g/mol. The second-order valence-corrected chi connectivity index (χ2v) is 8.12. The van der Waals surface area contributed by atoms with Gasteiger partial charge >= 0.3 is 0 Å². The normalized spacial score (nSPS) is 26.4. The summed E-state index contributed by atoms with van der Waals surface area (Å²) in [7, 11) is 3.56. The number of carbonyl (C=O) groups excluding carboxylic acids is 1. The molecule has 152 valence electrons. The van der Waals surface area contributed by atoms with Crippen LogP contribution in [0.25, 0.3) is 0 Å². The van der Waals surface area contributed by atoms with Gasteiger partial charge in [0.2, 0.25) is 5.91 Å². The van der Waals surface area contributed by atoms with Crippen molar-refractivity contribution in [3.05, 3.63) is 0 Å². The van der Waals surface area contributed by atoms with E-state index in [2.05, 4.69) is 29.1 Å². The Bertz CT molecular complexity index is 462. The van der Waals surface area contributed by atoms with Gasteiger partial charge in [-0.25, -0.2) is 4.99 Å². The third-order valence-electron chi connectivity index (χ3n) is 5.37. The molecule has 0 bridgehead atoms. The van der Waals surface area contributed by atoms with Crippen LogP contribution < -0.4 is 5.32 Å². The molecule has 0 aromatic carbocycles. The SMILES string of the molecule is CCCC1(C)CCCN(C(=NCC(=O)N(C)C)NCC2CCOC2)C1.I. The topological polar surface area (TPSA) is 57.2 Å². The third-order valence-corrected chi connectivity index (χ3v) is 5.37. The molecular formula is C19H37IN4O2. The van der Waals surface area contributed by atoms with Crippen molar-refractivity contribution >= 4 is 35.8 Å². The van der Waals surface area contributed by atoms with Crippen LogP contribution in [0.1, 0.15) is 46.0 Å². The first-order valence-corrected chi connectivity index (χ1v) is 9.75. The predicted octanol–water partition coefficient (Wildman–Crippen LogP) is 2.58. The maximum Gasteiger partial charge on any atom is 0.243 e. The zero-order chi connectivity index (χ0) is 18.3. The number of nitrogens with zero attached hydrogens (tertiary/aromatic N) is 3. The van der Waals surface area contributed by atoms with Crippen LogP contribution in [-0.2, 0) is 9.53 Å². The van der Waals surface area contributed by atoms with Gasteiger partial charge in [-0.2, -0.15) is 0 Å². The van der Waals surface area contributed by atoms with Gasteiger partial charge in [-0.05, 0) is 31.1 Å². The van der Waals surface area contributed by atoms with E-state index in [1.807, 2.05) is 0 Å². The molecule has 2 unspecified atom stereocenters. The molecule has 0 radical (unpaired) electrons. The molecule has 26 heavy (non-hydrogen) atoms. The summed E-state index contributed by atoms with van der Waals surface area (Å²) in [5.74, 6) is 1.47. The van der Waals surface area contributed by atoms with Crippen molar-refractivity contribution in [1.82, 2.24) is 15.1 Å². The second-order valence-electron chi connectivity index (χ2n) is 8.12. The summed E-state index contributed by atoms with van der Waals surface area (Å²) in [5, 5.41) is 3.53. The first-order chi connectivity index (χ1) is 11.9.